The van der Waals surface area contributed by atoms with Gasteiger partial charge in [0.1, 0.15) is 0 Å². The number of rotatable bonds is 1. The summed E-state index contributed by atoms with van der Waals surface area (Å²) >= 11 is 0. The number of fused-ring (bicyclic) bond motifs is 1. The Kier molecular flexibility index (Phi) is 3.57. The molecule has 4 heteroatoms. The van der Waals surface area contributed by atoms with E-state index in [9.17, 15) is 4.79 Å². The predicted molar refractivity (Wildman–Crippen MR) is 80.7 cm³/mol. The maximum Gasteiger partial charge on any atom is 0.254 e. The van der Waals surface area contributed by atoms with Gasteiger partial charge in [-0.3, -0.25) is 9.78 Å². The summed E-state index contributed by atoms with van der Waals surface area (Å²) in [6.07, 6.45) is 3.46. The molecule has 0 spiro atoms. The minimum Gasteiger partial charge on any atom is -0.337 e. The maximum absolute atomic E-state index is 12.8. The number of hydrogen-bond donors (Lipinski definition) is 0. The summed E-state index contributed by atoms with van der Waals surface area (Å²) in [4.78, 5) is 18.9. The molecule has 106 valence electrons. The highest BCUT2D eigenvalue weighted by Crippen LogP contribution is 2.23. The molecule has 3 rings (SSSR count). The van der Waals surface area contributed by atoms with Gasteiger partial charge >= 0.3 is 0 Å². The second-order valence-electron chi connectivity index (χ2n) is 5.60. The van der Waals surface area contributed by atoms with Crippen molar-refractivity contribution < 1.29 is 4.79 Å². The molecule has 1 aromatic heterocycles. The normalized spacial score (nSPS) is 18.5. The van der Waals surface area contributed by atoms with Crippen LogP contribution in [0, 0.1) is 24.2 Å². The highest BCUT2D eigenvalue weighted by molar-refractivity contribution is 6.06. The lowest BCUT2D eigenvalue weighted by molar-refractivity contribution is 0.0700. The van der Waals surface area contributed by atoms with Gasteiger partial charge in [-0.15, -0.1) is 0 Å². The number of amides is 1. The quantitative estimate of drug-likeness (QED) is 0.806. The molecule has 4 nitrogen and oxygen atoms in total. The number of hydrogen-bond acceptors (Lipinski definition) is 3. The molecule has 1 aliphatic heterocycles. The Morgan fingerprint density at radius 2 is 2.29 bits per heavy atom. The number of carbonyl (C=O) groups excluding carboxylic acids is 1. The summed E-state index contributed by atoms with van der Waals surface area (Å²) < 4.78 is 0. The Morgan fingerprint density at radius 3 is 3.10 bits per heavy atom. The van der Waals surface area contributed by atoms with Crippen molar-refractivity contribution in [3.63, 3.8) is 0 Å². The van der Waals surface area contributed by atoms with E-state index in [0.29, 0.717) is 12.1 Å². The smallest absolute Gasteiger partial charge is 0.254 e. The van der Waals surface area contributed by atoms with Gasteiger partial charge in [0.15, 0.2) is 0 Å². The van der Waals surface area contributed by atoms with Gasteiger partial charge in [0.2, 0.25) is 0 Å². The van der Waals surface area contributed by atoms with Gasteiger partial charge in [-0.25, -0.2) is 0 Å². The first-order valence-corrected chi connectivity index (χ1v) is 7.23. The Morgan fingerprint density at radius 1 is 1.43 bits per heavy atom. The van der Waals surface area contributed by atoms with Crippen LogP contribution in [-0.4, -0.2) is 28.9 Å². The fourth-order valence-electron chi connectivity index (χ4n) is 2.88. The minimum absolute atomic E-state index is 0.00736. The molecular formula is C17H17N3O. The van der Waals surface area contributed by atoms with Gasteiger partial charge in [0.05, 0.1) is 23.1 Å². The Hall–Kier alpha value is -2.41. The lowest BCUT2D eigenvalue weighted by Crippen LogP contribution is -2.39. The van der Waals surface area contributed by atoms with Gasteiger partial charge < -0.3 is 4.90 Å². The molecule has 1 aliphatic rings. The predicted octanol–water partition coefficient (Wildman–Crippen LogP) is 2.92. The van der Waals surface area contributed by atoms with E-state index in [4.69, 9.17) is 5.26 Å². The van der Waals surface area contributed by atoms with Crippen LogP contribution in [0.1, 0.15) is 28.8 Å². The first kappa shape index (κ1) is 13.6. The van der Waals surface area contributed by atoms with Crippen molar-refractivity contribution in [1.29, 1.82) is 5.26 Å². The number of benzene rings is 1. The maximum atomic E-state index is 12.8. The highest BCUT2D eigenvalue weighted by Gasteiger charge is 2.25. The summed E-state index contributed by atoms with van der Waals surface area (Å²) in [6.45, 7) is 3.27. The Balaban J connectivity index is 1.98. The van der Waals surface area contributed by atoms with Crippen LogP contribution in [0.3, 0.4) is 0 Å². The van der Waals surface area contributed by atoms with Crippen LogP contribution in [0.5, 0.6) is 0 Å². The lowest BCUT2D eigenvalue weighted by atomic mass is 9.98. The Bertz CT molecular complexity index is 732. The number of nitriles is 1. The molecule has 0 saturated carbocycles. The zero-order valence-corrected chi connectivity index (χ0v) is 12.0. The molecule has 1 saturated heterocycles. The van der Waals surface area contributed by atoms with Crippen LogP contribution in [0.4, 0.5) is 0 Å². The van der Waals surface area contributed by atoms with Crippen LogP contribution in [0.25, 0.3) is 10.9 Å². The summed E-state index contributed by atoms with van der Waals surface area (Å²) in [7, 11) is 0. The molecule has 1 aromatic carbocycles. The van der Waals surface area contributed by atoms with Crippen molar-refractivity contribution in [1.82, 2.24) is 9.88 Å². The molecule has 1 fully saturated rings. The number of pyridine rings is 1. The van der Waals surface area contributed by atoms with Crippen molar-refractivity contribution in [2.75, 3.05) is 13.1 Å². The lowest BCUT2D eigenvalue weighted by Gasteiger charge is -2.30. The topological polar surface area (TPSA) is 57.0 Å². The molecule has 1 amide bonds. The zero-order chi connectivity index (χ0) is 14.8. The van der Waals surface area contributed by atoms with Crippen molar-refractivity contribution in [2.24, 2.45) is 5.92 Å². The van der Waals surface area contributed by atoms with Gasteiger partial charge in [0.25, 0.3) is 5.91 Å². The molecule has 1 unspecified atom stereocenters. The van der Waals surface area contributed by atoms with E-state index in [1.807, 2.05) is 25.1 Å². The summed E-state index contributed by atoms with van der Waals surface area (Å²) in [5, 5.41) is 9.96. The number of carbonyl (C=O) groups is 1. The molecule has 21 heavy (non-hydrogen) atoms. The average Bonchev–Trinajstić information content (AvgIpc) is 2.53. The van der Waals surface area contributed by atoms with Crippen LogP contribution in [0.15, 0.2) is 30.5 Å². The van der Waals surface area contributed by atoms with E-state index < -0.39 is 0 Å². The van der Waals surface area contributed by atoms with Crippen molar-refractivity contribution in [3.8, 4) is 6.07 Å². The largest absolute Gasteiger partial charge is 0.337 e. The second kappa shape index (κ2) is 5.53. The molecule has 1 atom stereocenters. The summed E-state index contributed by atoms with van der Waals surface area (Å²) in [5.74, 6) is -0.0366. The molecule has 0 N–H and O–H groups in total. The molecule has 0 aliphatic carbocycles. The fourth-order valence-corrected chi connectivity index (χ4v) is 2.88. The third-order valence-corrected chi connectivity index (χ3v) is 4.02. The first-order valence-electron chi connectivity index (χ1n) is 7.23. The molecule has 0 radical (unpaired) electrons. The van der Waals surface area contributed by atoms with Crippen molar-refractivity contribution in [3.05, 3.63) is 41.6 Å². The van der Waals surface area contributed by atoms with Gasteiger partial charge in [-0.1, -0.05) is 11.6 Å². The second-order valence-corrected chi connectivity index (χ2v) is 5.60. The van der Waals surface area contributed by atoms with Gasteiger partial charge in [-0.05, 0) is 38.0 Å². The minimum atomic E-state index is -0.0439. The number of aryl methyl sites for hydroxylation is 1. The molecule has 2 heterocycles. The summed E-state index contributed by atoms with van der Waals surface area (Å²) in [5.41, 5.74) is 2.63. The zero-order valence-electron chi connectivity index (χ0n) is 12.0. The number of likely N-dealkylation sites (tertiary alicyclic amines) is 1. The molecule has 0 bridgehead atoms. The first-order chi connectivity index (χ1) is 10.2. The average molecular weight is 279 g/mol. The third kappa shape index (κ3) is 2.59. The van der Waals surface area contributed by atoms with Crippen LogP contribution >= 0.6 is 0 Å². The van der Waals surface area contributed by atoms with E-state index in [1.165, 1.54) is 0 Å². The number of nitrogens with zero attached hydrogens (tertiary/aromatic N) is 3. The SMILES string of the molecule is Cc1ccc2nccc(C(=O)N3CCCC(C#N)C3)c2c1. The fraction of sp³-hybridized carbons (Fsp3) is 0.353. The van der Waals surface area contributed by atoms with E-state index in [0.717, 1.165) is 35.9 Å². The van der Waals surface area contributed by atoms with Crippen LogP contribution in [-0.2, 0) is 0 Å². The number of piperidine rings is 1. The van der Waals surface area contributed by atoms with Gasteiger partial charge in [0, 0.05) is 24.7 Å². The van der Waals surface area contributed by atoms with Gasteiger partial charge in [-0.2, -0.15) is 5.26 Å². The molecule has 2 aromatic rings. The van der Waals surface area contributed by atoms with Crippen molar-refractivity contribution in [2.45, 2.75) is 19.8 Å². The van der Waals surface area contributed by atoms with Crippen molar-refractivity contribution >= 4 is 16.8 Å². The Labute approximate surface area is 124 Å². The van der Waals surface area contributed by atoms with E-state index in [2.05, 4.69) is 11.1 Å². The van der Waals surface area contributed by atoms with E-state index >= 15 is 0 Å². The van der Waals surface area contributed by atoms with E-state index in [1.54, 1.807) is 17.2 Å². The monoisotopic (exact) mass is 279 g/mol. The molecular weight excluding hydrogens is 262 g/mol. The summed E-state index contributed by atoms with van der Waals surface area (Å²) in [6, 6.07) is 10.00. The highest BCUT2D eigenvalue weighted by atomic mass is 16.2. The standard InChI is InChI=1S/C17H17N3O/c1-12-4-5-16-15(9-12)14(6-7-19-16)17(21)20-8-2-3-13(10-18)11-20/h4-7,9,13H,2-3,8,11H2,1H3. The third-order valence-electron chi connectivity index (χ3n) is 4.02. The van der Waals surface area contributed by atoms with Crippen LogP contribution < -0.4 is 0 Å². The van der Waals surface area contributed by atoms with E-state index in [-0.39, 0.29) is 11.8 Å². The van der Waals surface area contributed by atoms with Crippen LogP contribution in [0.2, 0.25) is 0 Å². The number of aromatic nitrogens is 1.